The number of amides is 1. The van der Waals surface area contributed by atoms with Crippen LogP contribution in [0.1, 0.15) is 40.1 Å². The summed E-state index contributed by atoms with van der Waals surface area (Å²) in [5, 5.41) is 0. The Morgan fingerprint density at radius 1 is 0.773 bits per heavy atom. The summed E-state index contributed by atoms with van der Waals surface area (Å²) >= 11 is 0. The maximum absolute atomic E-state index is 12.4. The average Bonchev–Trinajstić information content (AvgIpc) is 3.06. The van der Waals surface area contributed by atoms with Crippen molar-refractivity contribution in [2.45, 2.75) is 13.8 Å². The van der Waals surface area contributed by atoms with Crippen LogP contribution in [-0.2, 0) is 19.0 Å². The Morgan fingerprint density at radius 2 is 1.34 bits per heavy atom. The van der Waals surface area contributed by atoms with Gasteiger partial charge < -0.3 is 19.1 Å². The summed E-state index contributed by atoms with van der Waals surface area (Å²) in [5.74, 6) is -0.842. The molecular weight excluding hydrogens is 558 g/mol. The van der Waals surface area contributed by atoms with Gasteiger partial charge in [-0.15, -0.1) is 0 Å². The SMILES string of the molecule is CCN(C=O)C(=Nc1cc(C(=O)OC)ccc1C(=O)OC)O/C(C)=C/c1ccc(N(c2ccccc2)c2ccccc2)cc1. The Balaban J connectivity index is 1.67. The normalized spacial score (nSPS) is 11.4. The molecule has 0 saturated heterocycles. The first-order chi connectivity index (χ1) is 21.4. The number of ether oxygens (including phenoxy) is 3. The molecule has 0 radical (unpaired) electrons. The predicted octanol–water partition coefficient (Wildman–Crippen LogP) is 7.27. The lowest BCUT2D eigenvalue weighted by atomic mass is 10.1. The van der Waals surface area contributed by atoms with Crippen molar-refractivity contribution in [2.75, 3.05) is 25.7 Å². The Morgan fingerprint density at radius 3 is 1.86 bits per heavy atom. The number of amidine groups is 1. The number of anilines is 3. The van der Waals surface area contributed by atoms with Gasteiger partial charge in [0.05, 0.1) is 31.0 Å². The number of carbonyl (C=O) groups excluding carboxylic acids is 3. The van der Waals surface area contributed by atoms with Gasteiger partial charge in [-0.25, -0.2) is 9.59 Å². The fraction of sp³-hybridized carbons (Fsp3) is 0.143. The molecule has 4 aromatic rings. The van der Waals surface area contributed by atoms with Crippen molar-refractivity contribution in [3.8, 4) is 0 Å². The Hall–Kier alpha value is -5.70. The molecular formula is C35H33N3O6. The van der Waals surface area contributed by atoms with Crippen LogP contribution in [0, 0.1) is 0 Å². The van der Waals surface area contributed by atoms with Crippen LogP contribution in [-0.4, -0.2) is 50.0 Å². The molecule has 0 N–H and O–H groups in total. The second kappa shape index (κ2) is 15.0. The van der Waals surface area contributed by atoms with E-state index in [1.807, 2.05) is 60.7 Å². The third-order valence-corrected chi connectivity index (χ3v) is 6.56. The number of hydrogen-bond acceptors (Lipinski definition) is 8. The van der Waals surface area contributed by atoms with Crippen LogP contribution < -0.4 is 4.90 Å². The highest BCUT2D eigenvalue weighted by Crippen LogP contribution is 2.34. The first-order valence-electron chi connectivity index (χ1n) is 13.9. The molecule has 224 valence electrons. The van der Waals surface area contributed by atoms with Gasteiger partial charge in [-0.05, 0) is 80.1 Å². The third-order valence-electron chi connectivity index (χ3n) is 6.56. The highest BCUT2D eigenvalue weighted by Gasteiger charge is 2.19. The van der Waals surface area contributed by atoms with Gasteiger partial charge in [0, 0.05) is 23.6 Å². The number of para-hydroxylation sites is 2. The molecule has 0 aliphatic carbocycles. The van der Waals surface area contributed by atoms with Gasteiger partial charge in [0.15, 0.2) is 0 Å². The number of carbonyl (C=O) groups is 3. The zero-order chi connectivity index (χ0) is 31.5. The monoisotopic (exact) mass is 591 g/mol. The van der Waals surface area contributed by atoms with Crippen LogP contribution in [0.25, 0.3) is 6.08 Å². The molecule has 9 heteroatoms. The maximum atomic E-state index is 12.4. The molecule has 0 spiro atoms. The van der Waals surface area contributed by atoms with Gasteiger partial charge in [-0.1, -0.05) is 48.5 Å². The average molecular weight is 592 g/mol. The van der Waals surface area contributed by atoms with E-state index in [0.29, 0.717) is 12.2 Å². The molecule has 0 saturated carbocycles. The largest absolute Gasteiger partial charge is 0.465 e. The molecule has 0 unspecified atom stereocenters. The predicted molar refractivity (Wildman–Crippen MR) is 171 cm³/mol. The van der Waals surface area contributed by atoms with Crippen LogP contribution >= 0.6 is 0 Å². The number of allylic oxidation sites excluding steroid dienone is 1. The van der Waals surface area contributed by atoms with Crippen LogP contribution in [0.15, 0.2) is 114 Å². The van der Waals surface area contributed by atoms with E-state index in [1.54, 1.807) is 19.9 Å². The number of methoxy groups -OCH3 is 2. The molecule has 0 atom stereocenters. The molecule has 44 heavy (non-hydrogen) atoms. The van der Waals surface area contributed by atoms with E-state index in [4.69, 9.17) is 14.2 Å². The Bertz CT molecular complexity index is 1610. The Labute approximate surface area is 256 Å². The second-order valence-electron chi connectivity index (χ2n) is 9.46. The lowest BCUT2D eigenvalue weighted by Gasteiger charge is -2.25. The minimum Gasteiger partial charge on any atom is -0.465 e. The number of rotatable bonds is 10. The van der Waals surface area contributed by atoms with Gasteiger partial charge in [-0.3, -0.25) is 9.69 Å². The van der Waals surface area contributed by atoms with Crippen LogP contribution in [0.4, 0.5) is 22.7 Å². The standard InChI is InChI=1S/C35H33N3O6/c1-5-37(24-39)35(36-32-23-27(33(40)42-3)18-21-31(32)34(41)43-4)44-25(2)22-26-16-19-30(20-17-26)38(28-12-8-6-9-13-28)29-14-10-7-11-15-29/h6-24H,5H2,1-4H3/b25-22+,36-35?. The summed E-state index contributed by atoms with van der Waals surface area (Å²) < 4.78 is 15.7. The fourth-order valence-corrected chi connectivity index (χ4v) is 4.38. The second-order valence-corrected chi connectivity index (χ2v) is 9.46. The molecule has 0 fully saturated rings. The van der Waals surface area contributed by atoms with Gasteiger partial charge in [0.2, 0.25) is 6.41 Å². The van der Waals surface area contributed by atoms with Gasteiger partial charge in [0.1, 0.15) is 5.76 Å². The van der Waals surface area contributed by atoms with Crippen molar-refractivity contribution >= 4 is 53.2 Å². The molecule has 0 bridgehead atoms. The number of esters is 2. The van der Waals surface area contributed by atoms with Gasteiger partial charge >= 0.3 is 18.0 Å². The summed E-state index contributed by atoms with van der Waals surface area (Å²) in [6.45, 7) is 3.72. The molecule has 0 heterocycles. The summed E-state index contributed by atoms with van der Waals surface area (Å²) in [4.78, 5) is 44.4. The van der Waals surface area contributed by atoms with Crippen LogP contribution in [0.3, 0.4) is 0 Å². The van der Waals surface area contributed by atoms with E-state index in [2.05, 4.69) is 34.2 Å². The van der Waals surface area contributed by atoms with Crippen LogP contribution in [0.5, 0.6) is 0 Å². The number of aliphatic imine (C=N–C) groups is 1. The zero-order valence-electron chi connectivity index (χ0n) is 25.0. The van der Waals surface area contributed by atoms with E-state index < -0.39 is 11.9 Å². The zero-order valence-corrected chi connectivity index (χ0v) is 25.0. The lowest BCUT2D eigenvalue weighted by molar-refractivity contribution is -0.115. The molecule has 9 nitrogen and oxygen atoms in total. The minimum atomic E-state index is -0.666. The van der Waals surface area contributed by atoms with Crippen molar-refractivity contribution in [1.82, 2.24) is 4.90 Å². The maximum Gasteiger partial charge on any atom is 0.340 e. The third kappa shape index (κ3) is 7.57. The molecule has 4 rings (SSSR count). The molecule has 0 aliphatic rings. The quantitative estimate of drug-likeness (QED) is 0.0629. The topological polar surface area (TPSA) is 97.7 Å². The van der Waals surface area contributed by atoms with Crippen molar-refractivity contribution in [3.63, 3.8) is 0 Å². The summed E-state index contributed by atoms with van der Waals surface area (Å²) in [5.41, 5.74) is 4.20. The molecule has 1 amide bonds. The number of nitrogens with zero attached hydrogens (tertiary/aromatic N) is 3. The van der Waals surface area contributed by atoms with E-state index in [-0.39, 0.29) is 29.4 Å². The first-order valence-corrected chi connectivity index (χ1v) is 13.9. The molecule has 0 aliphatic heterocycles. The van der Waals surface area contributed by atoms with Crippen LogP contribution in [0.2, 0.25) is 0 Å². The van der Waals surface area contributed by atoms with Crippen molar-refractivity contribution < 1.29 is 28.6 Å². The van der Waals surface area contributed by atoms with Crippen molar-refractivity contribution in [2.24, 2.45) is 4.99 Å². The summed E-state index contributed by atoms with van der Waals surface area (Å²) in [7, 11) is 2.49. The van der Waals surface area contributed by atoms with E-state index in [1.165, 1.54) is 37.3 Å². The van der Waals surface area contributed by atoms with E-state index in [9.17, 15) is 14.4 Å². The first kappa shape index (κ1) is 31.2. The van der Waals surface area contributed by atoms with Gasteiger partial charge in [0.25, 0.3) is 0 Å². The lowest BCUT2D eigenvalue weighted by Crippen LogP contribution is -2.31. The Kier molecular flexibility index (Phi) is 10.6. The number of benzene rings is 4. The van der Waals surface area contributed by atoms with Gasteiger partial charge in [-0.2, -0.15) is 4.99 Å². The molecule has 4 aromatic carbocycles. The number of hydrogen-bond donors (Lipinski definition) is 0. The fourth-order valence-electron chi connectivity index (χ4n) is 4.38. The summed E-state index contributed by atoms with van der Waals surface area (Å²) in [6.07, 6.45) is 2.38. The van der Waals surface area contributed by atoms with Crippen molar-refractivity contribution in [1.29, 1.82) is 0 Å². The minimum absolute atomic E-state index is 0.0779. The molecule has 0 aromatic heterocycles. The highest BCUT2D eigenvalue weighted by molar-refractivity contribution is 6.00. The van der Waals surface area contributed by atoms with E-state index in [0.717, 1.165) is 22.6 Å². The highest BCUT2D eigenvalue weighted by atomic mass is 16.5. The summed E-state index contributed by atoms with van der Waals surface area (Å²) in [6, 6.07) is 32.3. The smallest absolute Gasteiger partial charge is 0.340 e. The van der Waals surface area contributed by atoms with Crippen molar-refractivity contribution in [3.05, 3.63) is 126 Å². The van der Waals surface area contributed by atoms with E-state index >= 15 is 0 Å².